The number of nitrogens with one attached hydrogen (secondary N) is 2. The lowest BCUT2D eigenvalue weighted by Crippen LogP contribution is -2.43. The molecule has 1 heterocycles. The third kappa shape index (κ3) is 5.44. The van der Waals surface area contributed by atoms with Gasteiger partial charge in [0.1, 0.15) is 0 Å². The van der Waals surface area contributed by atoms with Crippen LogP contribution >= 0.6 is 12.2 Å². The van der Waals surface area contributed by atoms with E-state index >= 15 is 0 Å². The summed E-state index contributed by atoms with van der Waals surface area (Å²) in [6.45, 7) is 6.08. The van der Waals surface area contributed by atoms with Crippen molar-refractivity contribution in [2.24, 2.45) is 0 Å². The fraction of sp³-hybridized carbons (Fsp3) is 0.500. The van der Waals surface area contributed by atoms with Gasteiger partial charge in [-0.1, -0.05) is 24.1 Å². The Morgan fingerprint density at radius 1 is 1.19 bits per heavy atom. The molecule has 1 fully saturated rings. The molecule has 2 rings (SSSR count). The lowest BCUT2D eigenvalue weighted by atomic mass is 10.1. The van der Waals surface area contributed by atoms with Gasteiger partial charge in [0.05, 0.1) is 0 Å². The maximum absolute atomic E-state index is 12.0. The summed E-state index contributed by atoms with van der Waals surface area (Å²) in [6.07, 6.45) is 3.91. The zero-order valence-electron chi connectivity index (χ0n) is 12.5. The van der Waals surface area contributed by atoms with E-state index in [0.717, 1.165) is 18.7 Å². The highest BCUT2D eigenvalue weighted by atomic mass is 32.1. The van der Waals surface area contributed by atoms with E-state index in [9.17, 15) is 4.79 Å². The first-order chi connectivity index (χ1) is 10.1. The molecule has 1 saturated heterocycles. The molecule has 21 heavy (non-hydrogen) atoms. The Balaban J connectivity index is 1.68. The standard InChI is InChI=1S/C16H23N3OS/c1-13-5-7-14(8-6-13)15(20)18-16(21)17-9-12-19-10-3-2-4-11-19/h5-8H,2-4,9-12H2,1H3,(H2,17,18,20,21). The van der Waals surface area contributed by atoms with Crippen LogP contribution in [0.4, 0.5) is 0 Å². The van der Waals surface area contributed by atoms with Gasteiger partial charge in [-0.15, -0.1) is 0 Å². The fourth-order valence-corrected chi connectivity index (χ4v) is 2.63. The highest BCUT2D eigenvalue weighted by Crippen LogP contribution is 2.07. The largest absolute Gasteiger partial charge is 0.361 e. The van der Waals surface area contributed by atoms with Crippen LogP contribution < -0.4 is 10.6 Å². The average molecular weight is 305 g/mol. The second-order valence-electron chi connectivity index (χ2n) is 5.48. The average Bonchev–Trinajstić information content (AvgIpc) is 2.49. The Morgan fingerprint density at radius 3 is 2.52 bits per heavy atom. The van der Waals surface area contributed by atoms with E-state index in [2.05, 4.69) is 15.5 Å². The maximum atomic E-state index is 12.0. The van der Waals surface area contributed by atoms with E-state index < -0.39 is 0 Å². The number of thiocarbonyl (C=S) groups is 1. The van der Waals surface area contributed by atoms with Crippen molar-refractivity contribution < 1.29 is 4.79 Å². The van der Waals surface area contributed by atoms with Gasteiger partial charge in [-0.25, -0.2) is 0 Å². The molecule has 1 aromatic carbocycles. The molecule has 1 amide bonds. The summed E-state index contributed by atoms with van der Waals surface area (Å²) in [5, 5.41) is 6.22. The van der Waals surface area contributed by atoms with Crippen LogP contribution in [-0.2, 0) is 0 Å². The quantitative estimate of drug-likeness (QED) is 0.836. The van der Waals surface area contributed by atoms with Gasteiger partial charge in [0, 0.05) is 18.7 Å². The number of carbonyl (C=O) groups excluding carboxylic acids is 1. The summed E-state index contributed by atoms with van der Waals surface area (Å²) in [6, 6.07) is 7.45. The molecule has 0 aromatic heterocycles. The summed E-state index contributed by atoms with van der Waals surface area (Å²) < 4.78 is 0. The molecule has 0 spiro atoms. The predicted octanol–water partition coefficient (Wildman–Crippen LogP) is 2.09. The van der Waals surface area contributed by atoms with Crippen molar-refractivity contribution in [1.82, 2.24) is 15.5 Å². The van der Waals surface area contributed by atoms with Crippen molar-refractivity contribution in [3.05, 3.63) is 35.4 Å². The number of benzene rings is 1. The van der Waals surface area contributed by atoms with Gasteiger partial charge in [-0.05, 0) is 57.2 Å². The lowest BCUT2D eigenvalue weighted by molar-refractivity contribution is 0.0976. The van der Waals surface area contributed by atoms with Gasteiger partial charge >= 0.3 is 0 Å². The van der Waals surface area contributed by atoms with Gasteiger partial charge in [0.15, 0.2) is 5.11 Å². The molecule has 1 aliphatic heterocycles. The summed E-state index contributed by atoms with van der Waals surface area (Å²) in [5.74, 6) is -0.162. The molecule has 0 radical (unpaired) electrons. The SMILES string of the molecule is Cc1ccc(C(=O)NC(=S)NCCN2CCCCC2)cc1. The molecule has 2 N–H and O–H groups in total. The second-order valence-corrected chi connectivity index (χ2v) is 5.89. The topological polar surface area (TPSA) is 44.4 Å². The van der Waals surface area contributed by atoms with Crippen molar-refractivity contribution in [2.75, 3.05) is 26.2 Å². The molecule has 0 unspecified atom stereocenters. The van der Waals surface area contributed by atoms with Crippen LogP contribution in [0.2, 0.25) is 0 Å². The number of carbonyl (C=O) groups is 1. The summed E-state index contributed by atoms with van der Waals surface area (Å²) >= 11 is 5.16. The monoisotopic (exact) mass is 305 g/mol. The minimum atomic E-state index is -0.162. The third-order valence-corrected chi connectivity index (χ3v) is 3.95. The lowest BCUT2D eigenvalue weighted by Gasteiger charge is -2.26. The van der Waals surface area contributed by atoms with Crippen molar-refractivity contribution in [2.45, 2.75) is 26.2 Å². The molecule has 5 heteroatoms. The molecular weight excluding hydrogens is 282 g/mol. The van der Waals surface area contributed by atoms with Crippen molar-refractivity contribution in [3.63, 3.8) is 0 Å². The van der Waals surface area contributed by atoms with E-state index in [-0.39, 0.29) is 5.91 Å². The minimum absolute atomic E-state index is 0.162. The smallest absolute Gasteiger partial charge is 0.257 e. The number of nitrogens with zero attached hydrogens (tertiary/aromatic N) is 1. The fourth-order valence-electron chi connectivity index (χ4n) is 2.43. The van der Waals surface area contributed by atoms with Gasteiger partial charge in [0.25, 0.3) is 5.91 Å². The highest BCUT2D eigenvalue weighted by molar-refractivity contribution is 7.80. The number of hydrogen-bond donors (Lipinski definition) is 2. The third-order valence-electron chi connectivity index (χ3n) is 3.70. The van der Waals surface area contributed by atoms with Crippen LogP contribution in [0.25, 0.3) is 0 Å². The summed E-state index contributed by atoms with van der Waals surface area (Å²) in [7, 11) is 0. The molecule has 1 aliphatic rings. The number of piperidine rings is 1. The predicted molar refractivity (Wildman–Crippen MR) is 89.5 cm³/mol. The van der Waals surface area contributed by atoms with Crippen LogP contribution in [0.1, 0.15) is 35.2 Å². The second kappa shape index (κ2) is 8.10. The van der Waals surface area contributed by atoms with E-state index in [1.807, 2.05) is 19.1 Å². The Kier molecular flexibility index (Phi) is 6.14. The Bertz CT molecular complexity index is 481. The molecule has 0 bridgehead atoms. The number of hydrogen-bond acceptors (Lipinski definition) is 3. The number of amides is 1. The van der Waals surface area contributed by atoms with Crippen LogP contribution in [-0.4, -0.2) is 42.1 Å². The molecule has 0 atom stereocenters. The molecule has 0 saturated carbocycles. The van der Waals surface area contributed by atoms with Crippen LogP contribution in [0.5, 0.6) is 0 Å². The van der Waals surface area contributed by atoms with Gasteiger partial charge in [0.2, 0.25) is 0 Å². The normalized spacial score (nSPS) is 15.5. The molecule has 0 aliphatic carbocycles. The first-order valence-corrected chi connectivity index (χ1v) is 7.94. The molecule has 4 nitrogen and oxygen atoms in total. The van der Waals surface area contributed by atoms with E-state index in [4.69, 9.17) is 12.2 Å². The maximum Gasteiger partial charge on any atom is 0.257 e. The Morgan fingerprint density at radius 2 is 1.86 bits per heavy atom. The van der Waals surface area contributed by atoms with Crippen molar-refractivity contribution in [1.29, 1.82) is 0 Å². The zero-order valence-corrected chi connectivity index (χ0v) is 13.3. The first-order valence-electron chi connectivity index (χ1n) is 7.53. The van der Waals surface area contributed by atoms with E-state index in [0.29, 0.717) is 10.7 Å². The van der Waals surface area contributed by atoms with Crippen molar-refractivity contribution in [3.8, 4) is 0 Å². The number of likely N-dealkylation sites (tertiary alicyclic amines) is 1. The molecule has 114 valence electrons. The minimum Gasteiger partial charge on any atom is -0.361 e. The zero-order chi connectivity index (χ0) is 15.1. The van der Waals surface area contributed by atoms with Crippen LogP contribution in [0.15, 0.2) is 24.3 Å². The van der Waals surface area contributed by atoms with Gasteiger partial charge < -0.3 is 10.2 Å². The van der Waals surface area contributed by atoms with Gasteiger partial charge in [-0.2, -0.15) is 0 Å². The van der Waals surface area contributed by atoms with Crippen molar-refractivity contribution >= 4 is 23.2 Å². The van der Waals surface area contributed by atoms with E-state index in [1.54, 1.807) is 12.1 Å². The highest BCUT2D eigenvalue weighted by Gasteiger charge is 2.10. The van der Waals surface area contributed by atoms with Crippen LogP contribution in [0.3, 0.4) is 0 Å². The van der Waals surface area contributed by atoms with Crippen LogP contribution in [0, 0.1) is 6.92 Å². The first kappa shape index (κ1) is 15.9. The molecule has 1 aromatic rings. The van der Waals surface area contributed by atoms with Gasteiger partial charge in [-0.3, -0.25) is 10.1 Å². The Labute approximate surface area is 131 Å². The Hall–Kier alpha value is -1.46. The number of rotatable bonds is 4. The summed E-state index contributed by atoms with van der Waals surface area (Å²) in [4.78, 5) is 14.4. The van der Waals surface area contributed by atoms with E-state index in [1.165, 1.54) is 32.4 Å². The molecular formula is C16H23N3OS. The number of aryl methyl sites for hydroxylation is 1. The summed E-state index contributed by atoms with van der Waals surface area (Å²) in [5.41, 5.74) is 1.76.